The zero-order chi connectivity index (χ0) is 22.0. The molecule has 0 bridgehead atoms. The van der Waals surface area contributed by atoms with E-state index in [1.165, 1.54) is 11.6 Å². The van der Waals surface area contributed by atoms with Gasteiger partial charge in [0.15, 0.2) is 0 Å². The molecule has 0 atom stereocenters. The number of hydrogen-bond donors (Lipinski definition) is 3. The number of fused-ring (bicyclic) bond motifs is 5. The van der Waals surface area contributed by atoms with Crippen LogP contribution in [-0.2, 0) is 24.1 Å². The van der Waals surface area contributed by atoms with Gasteiger partial charge in [-0.05, 0) is 61.9 Å². The maximum Gasteiger partial charge on any atom is 0.253 e. The number of carbonyl (C=O) groups is 2. The number of aromatic amines is 1. The normalized spacial score (nSPS) is 16.6. The second-order valence-electron chi connectivity index (χ2n) is 9.02. The number of aryl methyl sites for hydroxylation is 2. The highest BCUT2D eigenvalue weighted by atomic mass is 16.2. The van der Waals surface area contributed by atoms with Crippen LogP contribution in [0.1, 0.15) is 53.1 Å². The first-order valence-corrected chi connectivity index (χ1v) is 10.9. The summed E-state index contributed by atoms with van der Waals surface area (Å²) in [6.45, 7) is 5.35. The van der Waals surface area contributed by atoms with Gasteiger partial charge in [-0.15, -0.1) is 0 Å². The van der Waals surface area contributed by atoms with Crippen LogP contribution >= 0.6 is 0 Å². The van der Waals surface area contributed by atoms with Crippen LogP contribution in [0.4, 0.5) is 5.69 Å². The fourth-order valence-corrected chi connectivity index (χ4v) is 4.94. The van der Waals surface area contributed by atoms with Gasteiger partial charge >= 0.3 is 0 Å². The van der Waals surface area contributed by atoms with E-state index in [-0.39, 0.29) is 24.8 Å². The van der Waals surface area contributed by atoms with E-state index in [9.17, 15) is 9.59 Å². The van der Waals surface area contributed by atoms with Crippen LogP contribution in [0.2, 0.25) is 0 Å². The number of carbonyl (C=O) groups excluding carboxylic acids is 2. The molecule has 2 amide bonds. The van der Waals surface area contributed by atoms with E-state index in [0.717, 1.165) is 77.1 Å². The molecule has 4 heterocycles. The minimum atomic E-state index is -0.279. The molecule has 3 N–H and O–H groups in total. The van der Waals surface area contributed by atoms with Crippen molar-refractivity contribution < 1.29 is 9.59 Å². The lowest BCUT2D eigenvalue weighted by molar-refractivity contribution is -0.111. The molecule has 0 radical (unpaired) electrons. The molecule has 0 unspecified atom stereocenters. The lowest BCUT2D eigenvalue weighted by Crippen LogP contribution is -2.43. The molecule has 0 aromatic carbocycles. The SMILES string of the molecule is C.C=CC(=O)Nc1cc(-c2cc3c(cn2)CCc2c-3[nH]c3c2C(=O)NC2(CC2)C3)cnc1C. The topological polar surface area (TPSA) is 99.8 Å². The molecule has 2 aliphatic carbocycles. The minimum absolute atomic E-state index is 0. The Kier molecular flexibility index (Phi) is 4.74. The Morgan fingerprint density at radius 1 is 1.21 bits per heavy atom. The third-order valence-electron chi connectivity index (χ3n) is 6.88. The molecule has 3 aromatic heterocycles. The zero-order valence-electron chi connectivity index (χ0n) is 17.8. The van der Waals surface area contributed by atoms with Gasteiger partial charge in [0.2, 0.25) is 5.91 Å². The number of aromatic nitrogens is 3. The lowest BCUT2D eigenvalue weighted by Gasteiger charge is -2.24. The van der Waals surface area contributed by atoms with Crippen molar-refractivity contribution in [1.82, 2.24) is 20.3 Å². The fourth-order valence-electron chi connectivity index (χ4n) is 4.94. The van der Waals surface area contributed by atoms with Gasteiger partial charge in [0.05, 0.1) is 28.3 Å². The van der Waals surface area contributed by atoms with Gasteiger partial charge in [0.1, 0.15) is 0 Å². The van der Waals surface area contributed by atoms with Crippen molar-refractivity contribution in [2.75, 3.05) is 5.32 Å². The van der Waals surface area contributed by atoms with Crippen LogP contribution < -0.4 is 10.6 Å². The molecule has 7 nitrogen and oxygen atoms in total. The summed E-state index contributed by atoms with van der Waals surface area (Å²) < 4.78 is 0. The minimum Gasteiger partial charge on any atom is -0.357 e. The van der Waals surface area contributed by atoms with Gasteiger partial charge in [-0.3, -0.25) is 19.6 Å². The molecular weight excluding hydrogens is 414 g/mol. The second-order valence-corrected chi connectivity index (χ2v) is 9.02. The van der Waals surface area contributed by atoms with Crippen LogP contribution in [-0.4, -0.2) is 32.3 Å². The Morgan fingerprint density at radius 2 is 2.03 bits per heavy atom. The molecule has 3 aromatic rings. The Morgan fingerprint density at radius 3 is 2.79 bits per heavy atom. The fraction of sp³-hybridized carbons (Fsp3) is 0.308. The van der Waals surface area contributed by atoms with Crippen molar-refractivity contribution in [2.24, 2.45) is 0 Å². The predicted octanol–water partition coefficient (Wildman–Crippen LogP) is 4.12. The number of pyridine rings is 2. The van der Waals surface area contributed by atoms with E-state index in [1.54, 1.807) is 6.20 Å². The second kappa shape index (κ2) is 7.40. The summed E-state index contributed by atoms with van der Waals surface area (Å²) in [4.78, 5) is 37.3. The quantitative estimate of drug-likeness (QED) is 0.532. The average Bonchev–Trinajstić information content (AvgIpc) is 3.40. The maximum atomic E-state index is 12.9. The number of rotatable bonds is 3. The van der Waals surface area contributed by atoms with E-state index in [2.05, 4.69) is 38.2 Å². The van der Waals surface area contributed by atoms with Gasteiger partial charge in [0, 0.05) is 41.2 Å². The van der Waals surface area contributed by atoms with E-state index in [0.29, 0.717) is 5.69 Å². The van der Waals surface area contributed by atoms with Gasteiger partial charge in [-0.25, -0.2) is 0 Å². The van der Waals surface area contributed by atoms with Gasteiger partial charge in [-0.2, -0.15) is 0 Å². The molecule has 33 heavy (non-hydrogen) atoms. The molecule has 7 heteroatoms. The smallest absolute Gasteiger partial charge is 0.253 e. The first kappa shape index (κ1) is 21.1. The summed E-state index contributed by atoms with van der Waals surface area (Å²) in [7, 11) is 0. The van der Waals surface area contributed by atoms with Crippen molar-refractivity contribution in [3.8, 4) is 22.5 Å². The molecule has 1 fully saturated rings. The molecule has 0 saturated heterocycles. The summed E-state index contributed by atoms with van der Waals surface area (Å²) in [6, 6.07) is 3.94. The highest BCUT2D eigenvalue weighted by Crippen LogP contribution is 2.45. The highest BCUT2D eigenvalue weighted by molar-refractivity contribution is 6.02. The van der Waals surface area contributed by atoms with Crippen molar-refractivity contribution in [2.45, 2.75) is 52.0 Å². The Labute approximate surface area is 192 Å². The van der Waals surface area contributed by atoms with Crippen LogP contribution in [0, 0.1) is 6.92 Å². The highest BCUT2D eigenvalue weighted by Gasteiger charge is 2.49. The van der Waals surface area contributed by atoms with Crippen molar-refractivity contribution in [3.63, 3.8) is 0 Å². The van der Waals surface area contributed by atoms with Crippen LogP contribution in [0.25, 0.3) is 22.5 Å². The van der Waals surface area contributed by atoms with Crippen molar-refractivity contribution >= 4 is 17.5 Å². The van der Waals surface area contributed by atoms with Crippen LogP contribution in [0.5, 0.6) is 0 Å². The summed E-state index contributed by atoms with van der Waals surface area (Å²) >= 11 is 0. The van der Waals surface area contributed by atoms with E-state index in [4.69, 9.17) is 0 Å². The molecule has 3 aliphatic rings. The Bertz CT molecular complexity index is 1330. The number of anilines is 1. The largest absolute Gasteiger partial charge is 0.357 e. The molecule has 1 aliphatic heterocycles. The summed E-state index contributed by atoms with van der Waals surface area (Å²) in [5, 5.41) is 6.03. The van der Waals surface area contributed by atoms with E-state index >= 15 is 0 Å². The number of hydrogen-bond acceptors (Lipinski definition) is 4. The maximum absolute atomic E-state index is 12.9. The monoisotopic (exact) mass is 441 g/mol. The predicted molar refractivity (Wildman–Crippen MR) is 128 cm³/mol. The average molecular weight is 442 g/mol. The lowest BCUT2D eigenvalue weighted by atomic mass is 9.87. The first-order chi connectivity index (χ1) is 15.5. The van der Waals surface area contributed by atoms with E-state index in [1.807, 2.05) is 19.2 Å². The van der Waals surface area contributed by atoms with Crippen LogP contribution in [0.15, 0.2) is 37.2 Å². The molecule has 1 spiro atoms. The van der Waals surface area contributed by atoms with Gasteiger partial charge in [-0.1, -0.05) is 14.0 Å². The number of nitrogens with one attached hydrogen (secondary N) is 3. The molecule has 1 saturated carbocycles. The van der Waals surface area contributed by atoms with Crippen LogP contribution in [0.3, 0.4) is 0 Å². The summed E-state index contributed by atoms with van der Waals surface area (Å²) in [5.41, 5.74) is 9.22. The zero-order valence-corrected chi connectivity index (χ0v) is 17.8. The van der Waals surface area contributed by atoms with Gasteiger partial charge < -0.3 is 15.6 Å². The number of amides is 2. The molecular formula is C26H27N5O2. The number of nitrogens with zero attached hydrogens (tertiary/aromatic N) is 2. The number of H-pyrrole nitrogens is 1. The van der Waals surface area contributed by atoms with Crippen molar-refractivity contribution in [1.29, 1.82) is 0 Å². The summed E-state index contributed by atoms with van der Waals surface area (Å²) in [6.07, 6.45) is 9.58. The first-order valence-electron chi connectivity index (χ1n) is 10.9. The molecule has 6 rings (SSSR count). The van der Waals surface area contributed by atoms with E-state index < -0.39 is 0 Å². The van der Waals surface area contributed by atoms with Gasteiger partial charge in [0.25, 0.3) is 5.91 Å². The third kappa shape index (κ3) is 3.35. The Balaban J connectivity index is 0.00000228. The Hall–Kier alpha value is -3.74. The third-order valence-corrected chi connectivity index (χ3v) is 6.88. The van der Waals surface area contributed by atoms with Crippen molar-refractivity contribution in [3.05, 3.63) is 65.3 Å². The summed E-state index contributed by atoms with van der Waals surface area (Å²) in [5.74, 6) is -0.219. The molecule has 168 valence electrons. The standard InChI is InChI=1S/C25H23N5O2.CH4/c1-3-21(31)28-18-8-15(12-26-13(18)2)19-9-17-14(11-27-19)4-5-16-22-20(29-23(16)17)10-25(6-7-25)30-24(22)32;/h3,8-9,11-12,29H,1,4-7,10H2,2H3,(H,28,31)(H,30,32);1H4.